The molecule has 4 nitrogen and oxygen atoms in total. The maximum atomic E-state index is 6.02. The standard InChI is InChI=1S/C17H28N4.HI/c1-4-16(21-9-5-6-10-21)12-19-17(18)20-15-8-7-13(2)14(3)11-15;/h7-8,11,16H,4-6,9-10,12H2,1-3H3,(H3,18,19,20);1H. The van der Waals surface area contributed by atoms with Gasteiger partial charge >= 0.3 is 0 Å². The molecule has 1 saturated heterocycles. The smallest absolute Gasteiger partial charge is 0.193 e. The Balaban J connectivity index is 0.00000242. The number of hydrogen-bond acceptors (Lipinski definition) is 2. The molecule has 0 bridgehead atoms. The number of aryl methyl sites for hydroxylation is 2. The zero-order valence-electron chi connectivity index (χ0n) is 13.9. The lowest BCUT2D eigenvalue weighted by Crippen LogP contribution is -2.35. The Hall–Kier alpha value is -0.820. The molecular formula is C17H29IN4. The van der Waals surface area contributed by atoms with E-state index in [1.165, 1.54) is 37.1 Å². The third-order valence-electron chi connectivity index (χ3n) is 4.38. The Morgan fingerprint density at radius 1 is 1.27 bits per heavy atom. The van der Waals surface area contributed by atoms with Crippen molar-refractivity contribution in [3.05, 3.63) is 29.3 Å². The van der Waals surface area contributed by atoms with Crippen LogP contribution in [0, 0.1) is 13.8 Å². The van der Waals surface area contributed by atoms with Gasteiger partial charge in [0.15, 0.2) is 5.96 Å². The minimum atomic E-state index is 0. The Labute approximate surface area is 151 Å². The van der Waals surface area contributed by atoms with E-state index in [9.17, 15) is 0 Å². The molecule has 1 atom stereocenters. The summed E-state index contributed by atoms with van der Waals surface area (Å²) in [5.41, 5.74) is 9.57. The Bertz CT molecular complexity index is 495. The fourth-order valence-corrected chi connectivity index (χ4v) is 2.82. The normalized spacial score (nSPS) is 17.1. The molecule has 22 heavy (non-hydrogen) atoms. The molecule has 0 aliphatic carbocycles. The molecule has 1 aliphatic heterocycles. The minimum absolute atomic E-state index is 0. The van der Waals surface area contributed by atoms with E-state index in [1.807, 2.05) is 6.07 Å². The zero-order chi connectivity index (χ0) is 15.2. The van der Waals surface area contributed by atoms with Gasteiger partial charge in [0.2, 0.25) is 0 Å². The topological polar surface area (TPSA) is 53.6 Å². The SMILES string of the molecule is CCC(CN=C(N)Nc1ccc(C)c(C)c1)N1CCCC1.I. The predicted molar refractivity (Wildman–Crippen MR) is 106 cm³/mol. The second-order valence-corrected chi connectivity index (χ2v) is 5.96. The number of rotatable bonds is 5. The van der Waals surface area contributed by atoms with E-state index in [2.05, 4.69) is 48.1 Å². The maximum absolute atomic E-state index is 6.02. The van der Waals surface area contributed by atoms with Crippen molar-refractivity contribution in [3.8, 4) is 0 Å². The average Bonchev–Trinajstić information content (AvgIpc) is 2.98. The van der Waals surface area contributed by atoms with Crippen molar-refractivity contribution in [2.45, 2.75) is 46.1 Å². The fraction of sp³-hybridized carbons (Fsp3) is 0.588. The fourth-order valence-electron chi connectivity index (χ4n) is 2.82. The van der Waals surface area contributed by atoms with Gasteiger partial charge in [-0.3, -0.25) is 9.89 Å². The lowest BCUT2D eigenvalue weighted by atomic mass is 10.1. The molecule has 1 aromatic rings. The molecule has 0 radical (unpaired) electrons. The summed E-state index contributed by atoms with van der Waals surface area (Å²) in [5, 5.41) is 3.19. The van der Waals surface area contributed by atoms with Crippen molar-refractivity contribution in [3.63, 3.8) is 0 Å². The van der Waals surface area contributed by atoms with E-state index in [0.717, 1.165) is 18.7 Å². The number of benzene rings is 1. The molecule has 3 N–H and O–H groups in total. The molecule has 0 spiro atoms. The summed E-state index contributed by atoms with van der Waals surface area (Å²) >= 11 is 0. The van der Waals surface area contributed by atoms with Gasteiger partial charge in [-0.05, 0) is 69.5 Å². The molecule has 1 aromatic carbocycles. The van der Waals surface area contributed by atoms with Crippen LogP contribution in [0.25, 0.3) is 0 Å². The van der Waals surface area contributed by atoms with Crippen molar-refractivity contribution >= 4 is 35.6 Å². The number of hydrogen-bond donors (Lipinski definition) is 2. The molecular weight excluding hydrogens is 387 g/mol. The van der Waals surface area contributed by atoms with Crippen LogP contribution in [0.5, 0.6) is 0 Å². The van der Waals surface area contributed by atoms with Crippen molar-refractivity contribution < 1.29 is 0 Å². The molecule has 124 valence electrons. The van der Waals surface area contributed by atoms with Crippen LogP contribution in [0.3, 0.4) is 0 Å². The highest BCUT2D eigenvalue weighted by atomic mass is 127. The number of aliphatic imine (C=N–C) groups is 1. The highest BCUT2D eigenvalue weighted by Gasteiger charge is 2.19. The predicted octanol–water partition coefficient (Wildman–Crippen LogP) is 3.52. The van der Waals surface area contributed by atoms with Gasteiger partial charge in [-0.2, -0.15) is 0 Å². The first-order valence-electron chi connectivity index (χ1n) is 7.98. The van der Waals surface area contributed by atoms with Crippen molar-refractivity contribution in [1.82, 2.24) is 4.90 Å². The van der Waals surface area contributed by atoms with Gasteiger partial charge in [0.1, 0.15) is 0 Å². The number of guanidine groups is 1. The number of likely N-dealkylation sites (tertiary alicyclic amines) is 1. The second-order valence-electron chi connectivity index (χ2n) is 5.96. The van der Waals surface area contributed by atoms with Gasteiger partial charge in [-0.1, -0.05) is 13.0 Å². The average molecular weight is 416 g/mol. The third kappa shape index (κ3) is 5.43. The van der Waals surface area contributed by atoms with Crippen LogP contribution in [-0.4, -0.2) is 36.5 Å². The number of anilines is 1. The summed E-state index contributed by atoms with van der Waals surface area (Å²) in [6.45, 7) is 9.63. The Kier molecular flexibility index (Phi) is 8.17. The first-order chi connectivity index (χ1) is 10.1. The van der Waals surface area contributed by atoms with E-state index >= 15 is 0 Å². The summed E-state index contributed by atoms with van der Waals surface area (Å²) in [4.78, 5) is 7.06. The Morgan fingerprint density at radius 3 is 2.55 bits per heavy atom. The van der Waals surface area contributed by atoms with Gasteiger partial charge in [0.05, 0.1) is 6.54 Å². The molecule has 1 heterocycles. The molecule has 0 amide bonds. The van der Waals surface area contributed by atoms with E-state index in [4.69, 9.17) is 5.73 Å². The van der Waals surface area contributed by atoms with Gasteiger partial charge in [0.25, 0.3) is 0 Å². The largest absolute Gasteiger partial charge is 0.370 e. The summed E-state index contributed by atoms with van der Waals surface area (Å²) in [7, 11) is 0. The number of halogens is 1. The lowest BCUT2D eigenvalue weighted by molar-refractivity contribution is 0.242. The van der Waals surface area contributed by atoms with Crippen LogP contribution in [0.4, 0.5) is 5.69 Å². The van der Waals surface area contributed by atoms with Crippen molar-refractivity contribution in [1.29, 1.82) is 0 Å². The second kappa shape index (κ2) is 9.35. The van der Waals surface area contributed by atoms with Crippen LogP contribution < -0.4 is 11.1 Å². The molecule has 0 aromatic heterocycles. The van der Waals surface area contributed by atoms with Crippen LogP contribution in [-0.2, 0) is 0 Å². The van der Waals surface area contributed by atoms with Crippen molar-refractivity contribution in [2.75, 3.05) is 25.0 Å². The van der Waals surface area contributed by atoms with Crippen LogP contribution in [0.15, 0.2) is 23.2 Å². The quantitative estimate of drug-likeness (QED) is 0.439. The number of nitrogens with zero attached hydrogens (tertiary/aromatic N) is 2. The Morgan fingerprint density at radius 2 is 1.95 bits per heavy atom. The van der Waals surface area contributed by atoms with Gasteiger partial charge in [0, 0.05) is 11.7 Å². The van der Waals surface area contributed by atoms with E-state index in [0.29, 0.717) is 12.0 Å². The summed E-state index contributed by atoms with van der Waals surface area (Å²) in [6, 6.07) is 6.77. The third-order valence-corrected chi connectivity index (χ3v) is 4.38. The highest BCUT2D eigenvalue weighted by Crippen LogP contribution is 2.15. The minimum Gasteiger partial charge on any atom is -0.370 e. The van der Waals surface area contributed by atoms with Crippen LogP contribution >= 0.6 is 24.0 Å². The van der Waals surface area contributed by atoms with Gasteiger partial charge in [-0.15, -0.1) is 24.0 Å². The molecule has 1 fully saturated rings. The number of nitrogens with one attached hydrogen (secondary N) is 1. The lowest BCUT2D eigenvalue weighted by Gasteiger charge is -2.24. The van der Waals surface area contributed by atoms with Crippen molar-refractivity contribution in [2.24, 2.45) is 10.7 Å². The molecule has 1 aliphatic rings. The van der Waals surface area contributed by atoms with Gasteiger partial charge in [-0.25, -0.2) is 0 Å². The summed E-state index contributed by atoms with van der Waals surface area (Å²) in [5.74, 6) is 0.510. The summed E-state index contributed by atoms with van der Waals surface area (Å²) < 4.78 is 0. The van der Waals surface area contributed by atoms with Crippen LogP contribution in [0.1, 0.15) is 37.3 Å². The molecule has 2 rings (SSSR count). The highest BCUT2D eigenvalue weighted by molar-refractivity contribution is 14.0. The number of nitrogens with two attached hydrogens (primary N) is 1. The van der Waals surface area contributed by atoms with Crippen LogP contribution in [0.2, 0.25) is 0 Å². The van der Waals surface area contributed by atoms with E-state index in [-0.39, 0.29) is 24.0 Å². The first-order valence-corrected chi connectivity index (χ1v) is 7.98. The maximum Gasteiger partial charge on any atom is 0.193 e. The molecule has 0 saturated carbocycles. The molecule has 5 heteroatoms. The summed E-state index contributed by atoms with van der Waals surface area (Å²) in [6.07, 6.45) is 3.76. The van der Waals surface area contributed by atoms with E-state index in [1.54, 1.807) is 0 Å². The molecule has 1 unspecified atom stereocenters. The van der Waals surface area contributed by atoms with E-state index < -0.39 is 0 Å². The van der Waals surface area contributed by atoms with Gasteiger partial charge < -0.3 is 11.1 Å². The zero-order valence-corrected chi connectivity index (χ0v) is 16.3. The first kappa shape index (κ1) is 19.2. The monoisotopic (exact) mass is 416 g/mol.